The maximum Gasteiger partial charge on any atom is 0.163 e. The van der Waals surface area contributed by atoms with E-state index in [1.54, 1.807) is 0 Å². The number of hydrogen-bond donors (Lipinski definition) is 0. The highest BCUT2D eigenvalue weighted by molar-refractivity contribution is 6.33. The Labute approximate surface area is 165 Å². The van der Waals surface area contributed by atoms with Crippen LogP contribution in [-0.4, -0.2) is 26.5 Å². The van der Waals surface area contributed by atoms with Crippen LogP contribution >= 0.6 is 11.6 Å². The minimum Gasteiger partial charge on any atom is -0.323 e. The van der Waals surface area contributed by atoms with Crippen LogP contribution in [-0.2, 0) is 12.8 Å². The first kappa shape index (κ1) is 18.2. The van der Waals surface area contributed by atoms with Crippen molar-refractivity contribution in [2.75, 3.05) is 11.4 Å². The number of benzene rings is 1. The van der Waals surface area contributed by atoms with Gasteiger partial charge in [0.05, 0.1) is 22.3 Å². The van der Waals surface area contributed by atoms with E-state index in [1.807, 2.05) is 6.92 Å². The lowest BCUT2D eigenvalue weighted by Crippen LogP contribution is -2.16. The van der Waals surface area contributed by atoms with Gasteiger partial charge in [-0.15, -0.1) is 5.10 Å². The Kier molecular flexibility index (Phi) is 4.81. The van der Waals surface area contributed by atoms with Gasteiger partial charge < -0.3 is 4.90 Å². The Morgan fingerprint density at radius 3 is 2.63 bits per heavy atom. The van der Waals surface area contributed by atoms with E-state index >= 15 is 0 Å². The highest BCUT2D eigenvalue weighted by atomic mass is 35.5. The molecule has 0 spiro atoms. The first-order valence-corrected chi connectivity index (χ1v) is 10.3. The van der Waals surface area contributed by atoms with Crippen molar-refractivity contribution in [1.29, 1.82) is 0 Å². The number of rotatable bonds is 5. The molecule has 0 saturated heterocycles. The molecule has 27 heavy (non-hydrogen) atoms. The van der Waals surface area contributed by atoms with E-state index in [1.165, 1.54) is 11.1 Å². The Bertz CT molecular complexity index is 990. The van der Waals surface area contributed by atoms with Gasteiger partial charge in [-0.05, 0) is 55.9 Å². The SMILES string of the molecule is CCc1cc(Cl)c2c(c1)CCN2c1nc(C)cc2c1nnn2C(CC)CC. The van der Waals surface area contributed by atoms with Crippen molar-refractivity contribution in [3.8, 4) is 0 Å². The van der Waals surface area contributed by atoms with Crippen LogP contribution in [0.15, 0.2) is 18.2 Å². The molecule has 0 N–H and O–H groups in total. The van der Waals surface area contributed by atoms with Gasteiger partial charge in [0, 0.05) is 12.2 Å². The third kappa shape index (κ3) is 2.98. The largest absolute Gasteiger partial charge is 0.323 e. The van der Waals surface area contributed by atoms with Gasteiger partial charge in [0.2, 0.25) is 0 Å². The molecule has 5 nitrogen and oxygen atoms in total. The summed E-state index contributed by atoms with van der Waals surface area (Å²) in [5, 5.41) is 9.80. The molecule has 0 fully saturated rings. The van der Waals surface area contributed by atoms with E-state index in [-0.39, 0.29) is 0 Å². The number of anilines is 2. The van der Waals surface area contributed by atoms with Gasteiger partial charge in [0.1, 0.15) is 0 Å². The Morgan fingerprint density at radius 2 is 1.93 bits per heavy atom. The third-order valence-corrected chi connectivity index (χ3v) is 5.89. The molecule has 1 aliphatic heterocycles. The average molecular weight is 384 g/mol. The predicted molar refractivity (Wildman–Crippen MR) is 111 cm³/mol. The summed E-state index contributed by atoms with van der Waals surface area (Å²) in [6.45, 7) is 9.45. The maximum absolute atomic E-state index is 6.68. The molecule has 0 aliphatic carbocycles. The lowest BCUT2D eigenvalue weighted by Gasteiger charge is -2.21. The number of halogens is 1. The standard InChI is InChI=1S/C21H26ClN5/c1-5-14-11-15-8-9-26(20(15)17(22)12-14)21-19-18(10-13(4)23-21)27(25-24-19)16(6-2)7-3/h10-12,16H,5-9H2,1-4H3. The van der Waals surface area contributed by atoms with E-state index < -0.39 is 0 Å². The van der Waals surface area contributed by atoms with Crippen molar-refractivity contribution in [1.82, 2.24) is 20.0 Å². The molecule has 0 amide bonds. The molecule has 2 aromatic heterocycles. The quantitative estimate of drug-likeness (QED) is 0.591. The second-order valence-electron chi connectivity index (χ2n) is 7.30. The topological polar surface area (TPSA) is 46.8 Å². The van der Waals surface area contributed by atoms with Crippen LogP contribution in [0, 0.1) is 6.92 Å². The van der Waals surface area contributed by atoms with Crippen LogP contribution in [0.1, 0.15) is 56.5 Å². The molecule has 0 atom stereocenters. The highest BCUT2D eigenvalue weighted by Crippen LogP contribution is 2.42. The normalized spacial score (nSPS) is 13.8. The average Bonchev–Trinajstić information content (AvgIpc) is 3.27. The van der Waals surface area contributed by atoms with Crippen LogP contribution in [0.5, 0.6) is 0 Å². The fraction of sp³-hybridized carbons (Fsp3) is 0.476. The zero-order valence-electron chi connectivity index (χ0n) is 16.5. The lowest BCUT2D eigenvalue weighted by atomic mass is 10.1. The molecule has 3 aromatic rings. The van der Waals surface area contributed by atoms with Crippen molar-refractivity contribution in [3.63, 3.8) is 0 Å². The van der Waals surface area contributed by atoms with Crippen molar-refractivity contribution in [2.45, 2.75) is 59.4 Å². The van der Waals surface area contributed by atoms with Crippen LogP contribution in [0.4, 0.5) is 11.5 Å². The van der Waals surface area contributed by atoms with Gasteiger partial charge in [-0.3, -0.25) is 0 Å². The van der Waals surface area contributed by atoms with Crippen molar-refractivity contribution < 1.29 is 0 Å². The second kappa shape index (κ2) is 7.12. The van der Waals surface area contributed by atoms with Crippen LogP contribution in [0.2, 0.25) is 5.02 Å². The molecule has 0 bridgehead atoms. The number of aryl methyl sites for hydroxylation is 2. The molecule has 6 heteroatoms. The molecular weight excluding hydrogens is 358 g/mol. The fourth-order valence-electron chi connectivity index (χ4n) is 4.11. The number of aromatic nitrogens is 4. The Morgan fingerprint density at radius 1 is 1.15 bits per heavy atom. The van der Waals surface area contributed by atoms with E-state index in [4.69, 9.17) is 16.6 Å². The Hall–Kier alpha value is -2.14. The summed E-state index contributed by atoms with van der Waals surface area (Å²) in [6.07, 6.45) is 4.03. The van der Waals surface area contributed by atoms with Crippen molar-refractivity contribution in [2.24, 2.45) is 0 Å². The lowest BCUT2D eigenvalue weighted by molar-refractivity contribution is 0.430. The first-order chi connectivity index (χ1) is 13.1. The molecule has 0 saturated carbocycles. The molecule has 142 valence electrons. The minimum absolute atomic E-state index is 0.353. The van der Waals surface area contributed by atoms with Gasteiger partial charge in [-0.2, -0.15) is 0 Å². The predicted octanol–water partition coefficient (Wildman–Crippen LogP) is 5.41. The van der Waals surface area contributed by atoms with Gasteiger partial charge in [0.15, 0.2) is 11.3 Å². The number of fused-ring (bicyclic) bond motifs is 2. The van der Waals surface area contributed by atoms with Crippen LogP contribution in [0.25, 0.3) is 11.0 Å². The number of nitrogens with zero attached hydrogens (tertiary/aromatic N) is 5. The molecule has 1 aromatic carbocycles. The maximum atomic E-state index is 6.68. The van der Waals surface area contributed by atoms with Crippen LogP contribution < -0.4 is 4.90 Å². The summed E-state index contributed by atoms with van der Waals surface area (Å²) in [5.74, 6) is 0.868. The summed E-state index contributed by atoms with van der Waals surface area (Å²) in [4.78, 5) is 7.06. The summed E-state index contributed by atoms with van der Waals surface area (Å²) >= 11 is 6.68. The van der Waals surface area contributed by atoms with E-state index in [0.717, 1.165) is 65.5 Å². The summed E-state index contributed by atoms with van der Waals surface area (Å²) in [5.41, 5.74) is 6.54. The third-order valence-electron chi connectivity index (χ3n) is 5.60. The van der Waals surface area contributed by atoms with E-state index in [2.05, 4.69) is 58.9 Å². The highest BCUT2D eigenvalue weighted by Gasteiger charge is 2.28. The molecule has 4 rings (SSSR count). The zero-order chi connectivity index (χ0) is 19.1. The summed E-state index contributed by atoms with van der Waals surface area (Å²) in [6, 6.07) is 6.80. The molecule has 0 unspecified atom stereocenters. The van der Waals surface area contributed by atoms with Gasteiger partial charge in [0.25, 0.3) is 0 Å². The van der Waals surface area contributed by atoms with Crippen molar-refractivity contribution >= 4 is 34.1 Å². The number of pyridine rings is 1. The minimum atomic E-state index is 0.353. The van der Waals surface area contributed by atoms with E-state index in [0.29, 0.717) is 6.04 Å². The molecular formula is C21H26ClN5. The zero-order valence-corrected chi connectivity index (χ0v) is 17.2. The fourth-order valence-corrected chi connectivity index (χ4v) is 4.47. The van der Waals surface area contributed by atoms with Crippen molar-refractivity contribution in [3.05, 3.63) is 40.0 Å². The number of hydrogen-bond acceptors (Lipinski definition) is 4. The molecule has 0 radical (unpaired) electrons. The summed E-state index contributed by atoms with van der Waals surface area (Å²) in [7, 11) is 0. The molecule has 3 heterocycles. The van der Waals surface area contributed by atoms with Crippen LogP contribution in [0.3, 0.4) is 0 Å². The monoisotopic (exact) mass is 383 g/mol. The molecule has 1 aliphatic rings. The summed E-state index contributed by atoms with van der Waals surface area (Å²) < 4.78 is 2.06. The first-order valence-electron chi connectivity index (χ1n) is 9.88. The second-order valence-corrected chi connectivity index (χ2v) is 7.71. The van der Waals surface area contributed by atoms with Gasteiger partial charge in [-0.1, -0.05) is 43.7 Å². The smallest absolute Gasteiger partial charge is 0.163 e. The Balaban J connectivity index is 1.88. The van der Waals surface area contributed by atoms with E-state index in [9.17, 15) is 0 Å². The van der Waals surface area contributed by atoms with Gasteiger partial charge >= 0.3 is 0 Å². The van der Waals surface area contributed by atoms with Gasteiger partial charge in [-0.25, -0.2) is 9.67 Å².